The fraction of sp³-hybridized carbons (Fsp3) is 0.200. The Hall–Kier alpha value is -1.80. The van der Waals surface area contributed by atoms with Gasteiger partial charge in [-0.3, -0.25) is 0 Å². The molecule has 0 aliphatic heterocycles. The van der Waals surface area contributed by atoms with Gasteiger partial charge in [-0.2, -0.15) is 0 Å². The van der Waals surface area contributed by atoms with E-state index in [-0.39, 0.29) is 0 Å². The van der Waals surface area contributed by atoms with Crippen LogP contribution in [0.5, 0.6) is 11.5 Å². The molecule has 0 saturated carbocycles. The Labute approximate surface area is 101 Å². The fourth-order valence-corrected chi connectivity index (χ4v) is 1.56. The molecule has 0 amide bonds. The van der Waals surface area contributed by atoms with Gasteiger partial charge in [0.25, 0.3) is 0 Å². The second-order valence-corrected chi connectivity index (χ2v) is 4.16. The first-order chi connectivity index (χ1) is 8.15. The molecule has 0 fully saturated rings. The molecule has 0 aliphatic rings. The van der Waals surface area contributed by atoms with Crippen molar-refractivity contribution in [3.05, 3.63) is 59.7 Å². The Balaban J connectivity index is 2.11. The van der Waals surface area contributed by atoms with Crippen LogP contribution in [-0.2, 0) is 0 Å². The maximum atomic E-state index is 9.39. The van der Waals surface area contributed by atoms with E-state index in [0.717, 1.165) is 17.1 Å². The van der Waals surface area contributed by atoms with Gasteiger partial charge in [0.1, 0.15) is 11.5 Å². The van der Waals surface area contributed by atoms with Crippen LogP contribution in [0.25, 0.3) is 0 Å². The first kappa shape index (κ1) is 11.7. The molecule has 2 rings (SSSR count). The minimum Gasteiger partial charge on any atom is -0.457 e. The number of hydrogen-bond acceptors (Lipinski definition) is 2. The summed E-state index contributed by atoms with van der Waals surface area (Å²) in [5, 5.41) is 9.39. The lowest BCUT2D eigenvalue weighted by Crippen LogP contribution is -1.90. The zero-order chi connectivity index (χ0) is 12.3. The number of aliphatic hydroxyl groups excluding tert-OH is 1. The largest absolute Gasteiger partial charge is 0.457 e. The summed E-state index contributed by atoms with van der Waals surface area (Å²) in [6.45, 7) is 3.79. The highest BCUT2D eigenvalue weighted by Gasteiger charge is 2.01. The van der Waals surface area contributed by atoms with Crippen LogP contribution in [0.3, 0.4) is 0 Å². The van der Waals surface area contributed by atoms with Gasteiger partial charge in [0.2, 0.25) is 0 Å². The fourth-order valence-electron chi connectivity index (χ4n) is 1.56. The third-order valence-electron chi connectivity index (χ3n) is 2.62. The first-order valence-electron chi connectivity index (χ1n) is 5.68. The van der Waals surface area contributed by atoms with Gasteiger partial charge in [0.15, 0.2) is 0 Å². The van der Waals surface area contributed by atoms with Crippen LogP contribution in [-0.4, -0.2) is 5.11 Å². The van der Waals surface area contributed by atoms with Crippen LogP contribution in [0.4, 0.5) is 0 Å². The van der Waals surface area contributed by atoms with Gasteiger partial charge in [-0.1, -0.05) is 29.8 Å². The lowest BCUT2D eigenvalue weighted by molar-refractivity contribution is 0.199. The van der Waals surface area contributed by atoms with E-state index in [2.05, 4.69) is 0 Å². The van der Waals surface area contributed by atoms with Crippen LogP contribution >= 0.6 is 0 Å². The van der Waals surface area contributed by atoms with Gasteiger partial charge in [-0.25, -0.2) is 0 Å². The zero-order valence-electron chi connectivity index (χ0n) is 10.1. The maximum absolute atomic E-state index is 9.39. The van der Waals surface area contributed by atoms with Crippen molar-refractivity contribution < 1.29 is 9.84 Å². The molecule has 0 unspecified atom stereocenters. The highest BCUT2D eigenvalue weighted by Crippen LogP contribution is 2.23. The molecular weight excluding hydrogens is 212 g/mol. The molecule has 0 aromatic heterocycles. The smallest absolute Gasteiger partial charge is 0.127 e. The van der Waals surface area contributed by atoms with Crippen molar-refractivity contribution in [1.82, 2.24) is 0 Å². The Bertz CT molecular complexity index is 469. The van der Waals surface area contributed by atoms with Crippen molar-refractivity contribution in [2.45, 2.75) is 20.0 Å². The molecule has 2 aromatic carbocycles. The predicted octanol–water partition coefficient (Wildman–Crippen LogP) is 3.84. The first-order valence-corrected chi connectivity index (χ1v) is 5.68. The number of aryl methyl sites for hydroxylation is 1. The normalized spacial score (nSPS) is 12.2. The van der Waals surface area contributed by atoms with Crippen molar-refractivity contribution in [2.24, 2.45) is 0 Å². The molecule has 0 heterocycles. The highest BCUT2D eigenvalue weighted by molar-refractivity contribution is 5.34. The summed E-state index contributed by atoms with van der Waals surface area (Å²) in [6, 6.07) is 15.4. The summed E-state index contributed by atoms with van der Waals surface area (Å²) in [5.41, 5.74) is 2.10. The molecule has 1 N–H and O–H groups in total. The van der Waals surface area contributed by atoms with Gasteiger partial charge in [-0.05, 0) is 43.7 Å². The van der Waals surface area contributed by atoms with E-state index in [1.165, 1.54) is 5.56 Å². The average Bonchev–Trinajstić information content (AvgIpc) is 2.33. The Morgan fingerprint density at radius 2 is 1.35 bits per heavy atom. The molecule has 2 nitrogen and oxygen atoms in total. The van der Waals surface area contributed by atoms with Gasteiger partial charge < -0.3 is 9.84 Å². The molecule has 0 spiro atoms. The van der Waals surface area contributed by atoms with E-state index >= 15 is 0 Å². The van der Waals surface area contributed by atoms with E-state index in [4.69, 9.17) is 4.74 Å². The van der Waals surface area contributed by atoms with Crippen molar-refractivity contribution in [3.8, 4) is 11.5 Å². The summed E-state index contributed by atoms with van der Waals surface area (Å²) in [4.78, 5) is 0. The molecular formula is C15H16O2. The van der Waals surface area contributed by atoms with Crippen LogP contribution in [0, 0.1) is 6.92 Å². The maximum Gasteiger partial charge on any atom is 0.127 e. The number of rotatable bonds is 3. The lowest BCUT2D eigenvalue weighted by atomic mass is 10.1. The average molecular weight is 228 g/mol. The molecule has 0 aliphatic carbocycles. The van der Waals surface area contributed by atoms with Crippen molar-refractivity contribution >= 4 is 0 Å². The standard InChI is InChI=1S/C15H16O2/c1-11-3-7-14(8-4-11)17-15-9-5-13(6-10-15)12(2)16/h3-10,12,16H,1-2H3/t12-/m0/s1. The Kier molecular flexibility index (Phi) is 3.45. The molecule has 2 heteroatoms. The molecule has 1 atom stereocenters. The van der Waals surface area contributed by atoms with E-state index in [9.17, 15) is 5.11 Å². The monoisotopic (exact) mass is 228 g/mol. The second-order valence-electron chi connectivity index (χ2n) is 4.16. The quantitative estimate of drug-likeness (QED) is 0.864. The molecule has 17 heavy (non-hydrogen) atoms. The van der Waals surface area contributed by atoms with Crippen LogP contribution in [0.15, 0.2) is 48.5 Å². The molecule has 88 valence electrons. The van der Waals surface area contributed by atoms with Gasteiger partial charge in [-0.15, -0.1) is 0 Å². The molecule has 2 aromatic rings. The van der Waals surface area contributed by atoms with Gasteiger partial charge >= 0.3 is 0 Å². The topological polar surface area (TPSA) is 29.5 Å². The molecule has 0 bridgehead atoms. The summed E-state index contributed by atoms with van der Waals surface area (Å²) in [7, 11) is 0. The van der Waals surface area contributed by atoms with E-state index < -0.39 is 6.10 Å². The third-order valence-corrected chi connectivity index (χ3v) is 2.62. The Morgan fingerprint density at radius 3 is 1.82 bits per heavy atom. The zero-order valence-corrected chi connectivity index (χ0v) is 10.1. The number of aliphatic hydroxyl groups is 1. The molecule has 0 radical (unpaired) electrons. The lowest BCUT2D eigenvalue weighted by Gasteiger charge is -2.08. The third kappa shape index (κ3) is 3.08. The van der Waals surface area contributed by atoms with Crippen LogP contribution < -0.4 is 4.74 Å². The van der Waals surface area contributed by atoms with Crippen molar-refractivity contribution in [2.75, 3.05) is 0 Å². The number of hydrogen-bond donors (Lipinski definition) is 1. The summed E-state index contributed by atoms with van der Waals surface area (Å²) in [6.07, 6.45) is -0.441. The minimum absolute atomic E-state index is 0.441. The van der Waals surface area contributed by atoms with Crippen LogP contribution in [0.1, 0.15) is 24.2 Å². The Morgan fingerprint density at radius 1 is 0.882 bits per heavy atom. The van der Waals surface area contributed by atoms with Crippen molar-refractivity contribution in [3.63, 3.8) is 0 Å². The number of benzene rings is 2. The minimum atomic E-state index is -0.441. The SMILES string of the molecule is Cc1ccc(Oc2ccc([C@H](C)O)cc2)cc1. The second kappa shape index (κ2) is 5.02. The van der Waals surface area contributed by atoms with E-state index in [1.54, 1.807) is 6.92 Å². The van der Waals surface area contributed by atoms with E-state index in [1.807, 2.05) is 55.5 Å². The summed E-state index contributed by atoms with van der Waals surface area (Å²) < 4.78 is 5.69. The van der Waals surface area contributed by atoms with Crippen molar-refractivity contribution in [1.29, 1.82) is 0 Å². The van der Waals surface area contributed by atoms with Crippen LogP contribution in [0.2, 0.25) is 0 Å². The highest BCUT2D eigenvalue weighted by atomic mass is 16.5. The van der Waals surface area contributed by atoms with E-state index in [0.29, 0.717) is 0 Å². The number of ether oxygens (including phenoxy) is 1. The summed E-state index contributed by atoms with van der Waals surface area (Å²) in [5.74, 6) is 1.60. The summed E-state index contributed by atoms with van der Waals surface area (Å²) >= 11 is 0. The van der Waals surface area contributed by atoms with Gasteiger partial charge in [0, 0.05) is 0 Å². The molecule has 0 saturated heterocycles. The predicted molar refractivity (Wildman–Crippen MR) is 68.3 cm³/mol. The van der Waals surface area contributed by atoms with Gasteiger partial charge in [0.05, 0.1) is 6.10 Å².